The summed E-state index contributed by atoms with van der Waals surface area (Å²) >= 11 is 0. The van der Waals surface area contributed by atoms with Gasteiger partial charge < -0.3 is 15.7 Å². The Balaban J connectivity index is 1.94. The Hall–Kier alpha value is -1.40. The van der Waals surface area contributed by atoms with Gasteiger partial charge in [-0.15, -0.1) is 0 Å². The number of nitrogen functional groups attached to an aromatic ring is 1. The van der Waals surface area contributed by atoms with Crippen molar-refractivity contribution in [2.45, 2.75) is 0 Å². The SMILES string of the molecule is Nc1nccc(N2CCN(CCO)CC2)n1. The monoisotopic (exact) mass is 223 g/mol. The fraction of sp³-hybridized carbons (Fsp3) is 0.600. The summed E-state index contributed by atoms with van der Waals surface area (Å²) in [5, 5.41) is 8.85. The van der Waals surface area contributed by atoms with Crippen molar-refractivity contribution in [3.8, 4) is 0 Å². The van der Waals surface area contributed by atoms with Crippen LogP contribution < -0.4 is 10.6 Å². The van der Waals surface area contributed by atoms with Crippen LogP contribution in [-0.2, 0) is 0 Å². The summed E-state index contributed by atoms with van der Waals surface area (Å²) in [6.45, 7) is 4.70. The quantitative estimate of drug-likeness (QED) is 0.696. The van der Waals surface area contributed by atoms with Crippen molar-refractivity contribution in [2.24, 2.45) is 0 Å². The Bertz CT molecular complexity index is 338. The molecule has 16 heavy (non-hydrogen) atoms. The lowest BCUT2D eigenvalue weighted by Crippen LogP contribution is -2.47. The van der Waals surface area contributed by atoms with E-state index < -0.39 is 0 Å². The number of rotatable bonds is 3. The van der Waals surface area contributed by atoms with Crippen LogP contribution in [-0.4, -0.2) is 59.3 Å². The zero-order chi connectivity index (χ0) is 11.4. The molecule has 6 heteroatoms. The molecule has 0 bridgehead atoms. The third-order valence-corrected chi connectivity index (χ3v) is 2.77. The van der Waals surface area contributed by atoms with Crippen LogP contribution in [0, 0.1) is 0 Å². The summed E-state index contributed by atoms with van der Waals surface area (Å²) in [5.74, 6) is 1.20. The second-order valence-corrected chi connectivity index (χ2v) is 3.83. The average Bonchev–Trinajstić information content (AvgIpc) is 2.30. The van der Waals surface area contributed by atoms with Crippen molar-refractivity contribution in [2.75, 3.05) is 50.0 Å². The summed E-state index contributed by atoms with van der Waals surface area (Å²) in [4.78, 5) is 12.5. The number of hydrogen-bond donors (Lipinski definition) is 2. The Morgan fingerprint density at radius 1 is 1.31 bits per heavy atom. The molecule has 0 radical (unpaired) electrons. The first kappa shape index (κ1) is 11.1. The predicted molar refractivity (Wildman–Crippen MR) is 62.2 cm³/mol. The lowest BCUT2D eigenvalue weighted by molar-refractivity contribution is 0.188. The molecule has 3 N–H and O–H groups in total. The third kappa shape index (κ3) is 2.59. The van der Waals surface area contributed by atoms with E-state index in [0.29, 0.717) is 5.95 Å². The highest BCUT2D eigenvalue weighted by Crippen LogP contribution is 2.13. The van der Waals surface area contributed by atoms with E-state index in [9.17, 15) is 0 Å². The van der Waals surface area contributed by atoms with Crippen molar-refractivity contribution in [1.82, 2.24) is 14.9 Å². The third-order valence-electron chi connectivity index (χ3n) is 2.77. The van der Waals surface area contributed by atoms with Crippen LogP contribution in [0.25, 0.3) is 0 Å². The lowest BCUT2D eigenvalue weighted by Gasteiger charge is -2.34. The molecule has 0 atom stereocenters. The van der Waals surface area contributed by atoms with E-state index in [1.165, 1.54) is 0 Å². The molecule has 88 valence electrons. The molecule has 0 aromatic carbocycles. The van der Waals surface area contributed by atoms with Crippen LogP contribution in [0.4, 0.5) is 11.8 Å². The van der Waals surface area contributed by atoms with Crippen LogP contribution in [0.1, 0.15) is 0 Å². The smallest absolute Gasteiger partial charge is 0.221 e. The number of hydrogen-bond acceptors (Lipinski definition) is 6. The maximum atomic E-state index is 8.85. The molecule has 1 aromatic heterocycles. The van der Waals surface area contributed by atoms with Crippen LogP contribution >= 0.6 is 0 Å². The largest absolute Gasteiger partial charge is 0.395 e. The lowest BCUT2D eigenvalue weighted by atomic mass is 10.3. The zero-order valence-electron chi connectivity index (χ0n) is 9.21. The van der Waals surface area contributed by atoms with Gasteiger partial charge in [0.2, 0.25) is 5.95 Å². The molecule has 0 amide bonds. The summed E-state index contributed by atoms with van der Waals surface area (Å²) in [7, 11) is 0. The Kier molecular flexibility index (Phi) is 3.53. The Labute approximate surface area is 94.7 Å². The highest BCUT2D eigenvalue weighted by Gasteiger charge is 2.17. The van der Waals surface area contributed by atoms with E-state index in [1.54, 1.807) is 6.20 Å². The second kappa shape index (κ2) is 5.09. The maximum Gasteiger partial charge on any atom is 0.221 e. The number of aliphatic hydroxyl groups is 1. The van der Waals surface area contributed by atoms with Gasteiger partial charge in [-0.1, -0.05) is 0 Å². The van der Waals surface area contributed by atoms with Gasteiger partial charge in [0.15, 0.2) is 0 Å². The summed E-state index contributed by atoms with van der Waals surface area (Å²) in [6.07, 6.45) is 1.68. The molecule has 2 rings (SSSR count). The van der Waals surface area contributed by atoms with E-state index in [4.69, 9.17) is 10.8 Å². The average molecular weight is 223 g/mol. The first-order chi connectivity index (χ1) is 7.79. The number of β-amino-alcohol motifs (C(OH)–C–C–N with tert-alkyl or cyclic N) is 1. The predicted octanol–water partition coefficient (Wildman–Crippen LogP) is -0.827. The molecular formula is C10H17N5O. The Morgan fingerprint density at radius 2 is 2.06 bits per heavy atom. The summed E-state index contributed by atoms with van der Waals surface area (Å²) < 4.78 is 0. The van der Waals surface area contributed by atoms with E-state index >= 15 is 0 Å². The van der Waals surface area contributed by atoms with Crippen molar-refractivity contribution < 1.29 is 5.11 Å². The summed E-state index contributed by atoms with van der Waals surface area (Å²) in [6, 6.07) is 1.87. The molecule has 0 saturated carbocycles. The van der Waals surface area contributed by atoms with Crippen molar-refractivity contribution in [3.63, 3.8) is 0 Å². The minimum atomic E-state index is 0.223. The molecule has 6 nitrogen and oxygen atoms in total. The number of nitrogens with zero attached hydrogens (tertiary/aromatic N) is 4. The first-order valence-corrected chi connectivity index (χ1v) is 5.46. The van der Waals surface area contributed by atoms with E-state index in [1.807, 2.05) is 6.07 Å². The van der Waals surface area contributed by atoms with Gasteiger partial charge in [0.05, 0.1) is 6.61 Å². The molecule has 2 heterocycles. The first-order valence-electron chi connectivity index (χ1n) is 5.46. The number of anilines is 2. The van der Waals surface area contributed by atoms with Crippen LogP contribution in [0.5, 0.6) is 0 Å². The van der Waals surface area contributed by atoms with E-state index in [-0.39, 0.29) is 6.61 Å². The molecular weight excluding hydrogens is 206 g/mol. The minimum absolute atomic E-state index is 0.223. The van der Waals surface area contributed by atoms with Gasteiger partial charge in [-0.3, -0.25) is 4.90 Å². The highest BCUT2D eigenvalue weighted by atomic mass is 16.3. The number of nitrogens with two attached hydrogens (primary N) is 1. The van der Waals surface area contributed by atoms with Gasteiger partial charge in [0.25, 0.3) is 0 Å². The standard InChI is InChI=1S/C10H17N5O/c11-10-12-2-1-9(13-10)15-5-3-14(4-6-15)7-8-16/h1-2,16H,3-8H2,(H2,11,12,13). The maximum absolute atomic E-state index is 8.85. The van der Waals surface area contributed by atoms with Crippen LogP contribution in [0.3, 0.4) is 0 Å². The molecule has 0 spiro atoms. The topological polar surface area (TPSA) is 78.5 Å². The molecule has 1 aromatic rings. The molecule has 0 aliphatic carbocycles. The summed E-state index contributed by atoms with van der Waals surface area (Å²) in [5.41, 5.74) is 5.55. The molecule has 1 saturated heterocycles. The van der Waals surface area contributed by atoms with E-state index in [2.05, 4.69) is 19.8 Å². The van der Waals surface area contributed by atoms with Crippen molar-refractivity contribution in [3.05, 3.63) is 12.3 Å². The minimum Gasteiger partial charge on any atom is -0.395 e. The van der Waals surface area contributed by atoms with Gasteiger partial charge in [-0.2, -0.15) is 4.98 Å². The van der Waals surface area contributed by atoms with E-state index in [0.717, 1.165) is 38.5 Å². The molecule has 1 fully saturated rings. The van der Waals surface area contributed by atoms with Gasteiger partial charge >= 0.3 is 0 Å². The number of piperazine rings is 1. The van der Waals surface area contributed by atoms with Gasteiger partial charge in [0.1, 0.15) is 5.82 Å². The van der Waals surface area contributed by atoms with Gasteiger partial charge in [-0.25, -0.2) is 4.98 Å². The molecule has 1 aliphatic heterocycles. The highest BCUT2D eigenvalue weighted by molar-refractivity contribution is 5.41. The number of aromatic nitrogens is 2. The fourth-order valence-electron chi connectivity index (χ4n) is 1.88. The van der Waals surface area contributed by atoms with Crippen molar-refractivity contribution in [1.29, 1.82) is 0 Å². The zero-order valence-corrected chi connectivity index (χ0v) is 9.21. The second-order valence-electron chi connectivity index (χ2n) is 3.83. The number of aliphatic hydroxyl groups excluding tert-OH is 1. The molecule has 1 aliphatic rings. The van der Waals surface area contributed by atoms with Gasteiger partial charge in [-0.05, 0) is 6.07 Å². The van der Waals surface area contributed by atoms with Crippen molar-refractivity contribution >= 4 is 11.8 Å². The van der Waals surface area contributed by atoms with Gasteiger partial charge in [0, 0.05) is 38.9 Å². The van der Waals surface area contributed by atoms with Crippen LogP contribution in [0.15, 0.2) is 12.3 Å². The normalized spacial score (nSPS) is 17.7. The van der Waals surface area contributed by atoms with Crippen LogP contribution in [0.2, 0.25) is 0 Å². The Morgan fingerprint density at radius 3 is 2.69 bits per heavy atom. The molecule has 0 unspecified atom stereocenters. The fourth-order valence-corrected chi connectivity index (χ4v) is 1.88.